The summed E-state index contributed by atoms with van der Waals surface area (Å²) in [5.41, 5.74) is 11.1. The first-order valence-electron chi connectivity index (χ1n) is 15.8. The van der Waals surface area contributed by atoms with E-state index in [0.717, 1.165) is 38.5 Å². The van der Waals surface area contributed by atoms with Gasteiger partial charge in [-0.1, -0.05) is 143 Å². The third-order valence-corrected chi connectivity index (χ3v) is 6.97. The van der Waals surface area contributed by atoms with Crippen LogP contribution in [0.2, 0.25) is 0 Å². The first kappa shape index (κ1) is 36.6. The van der Waals surface area contributed by atoms with Crippen LogP contribution >= 0.6 is 0 Å². The molecule has 0 aromatic heterocycles. The third-order valence-electron chi connectivity index (χ3n) is 6.97. The molecule has 1 aromatic carbocycles. The minimum atomic E-state index is 1.11. The minimum absolute atomic E-state index is 1.11. The number of rotatable bonds is 18. The van der Waals surface area contributed by atoms with Crippen LogP contribution in [0.4, 0.5) is 0 Å². The second-order valence-electron chi connectivity index (χ2n) is 12.0. The van der Waals surface area contributed by atoms with Crippen molar-refractivity contribution in [2.24, 2.45) is 0 Å². The van der Waals surface area contributed by atoms with E-state index >= 15 is 0 Å². The highest BCUT2D eigenvalue weighted by Gasteiger charge is 1.93. The van der Waals surface area contributed by atoms with Crippen LogP contribution < -0.4 is 0 Å². The maximum absolute atomic E-state index is 2.39. The van der Waals surface area contributed by atoms with Gasteiger partial charge in [-0.2, -0.15) is 0 Å². The van der Waals surface area contributed by atoms with Gasteiger partial charge in [0.2, 0.25) is 0 Å². The molecular formula is C42H58. The van der Waals surface area contributed by atoms with Crippen LogP contribution in [0, 0.1) is 0 Å². The van der Waals surface area contributed by atoms with Crippen LogP contribution in [-0.4, -0.2) is 0 Å². The van der Waals surface area contributed by atoms with Gasteiger partial charge in [0.1, 0.15) is 0 Å². The summed E-state index contributed by atoms with van der Waals surface area (Å²) in [6.45, 7) is 17.6. The molecule has 0 spiro atoms. The number of hydrogen-bond acceptors (Lipinski definition) is 0. The van der Waals surface area contributed by atoms with Gasteiger partial charge in [0, 0.05) is 0 Å². The van der Waals surface area contributed by atoms with E-state index in [0.29, 0.717) is 0 Å². The van der Waals surface area contributed by atoms with E-state index < -0.39 is 0 Å². The molecule has 0 atom stereocenters. The molecule has 0 saturated heterocycles. The van der Waals surface area contributed by atoms with Gasteiger partial charge in [0.15, 0.2) is 0 Å². The number of allylic oxidation sites excluding steroid dienone is 18. The Balaban J connectivity index is 2.40. The van der Waals surface area contributed by atoms with E-state index in [1.807, 2.05) is 0 Å². The van der Waals surface area contributed by atoms with E-state index in [2.05, 4.69) is 165 Å². The Bertz CT molecular complexity index is 1100. The zero-order valence-electron chi connectivity index (χ0n) is 28.0. The van der Waals surface area contributed by atoms with Crippen molar-refractivity contribution in [2.75, 3.05) is 0 Å². The predicted molar refractivity (Wildman–Crippen MR) is 194 cm³/mol. The average Bonchev–Trinajstić information content (AvgIpc) is 2.93. The van der Waals surface area contributed by atoms with E-state index in [-0.39, 0.29) is 0 Å². The van der Waals surface area contributed by atoms with Crippen LogP contribution in [0.15, 0.2) is 131 Å². The van der Waals surface area contributed by atoms with Gasteiger partial charge in [-0.15, -0.1) is 0 Å². The normalized spacial score (nSPS) is 13.7. The largest absolute Gasteiger partial charge is 0.0856 e. The van der Waals surface area contributed by atoms with E-state index in [1.54, 1.807) is 0 Å². The number of benzene rings is 1. The van der Waals surface area contributed by atoms with Gasteiger partial charge in [-0.3, -0.25) is 0 Å². The van der Waals surface area contributed by atoms with Crippen LogP contribution in [0.25, 0.3) is 12.2 Å². The molecule has 0 amide bonds. The summed E-state index contributed by atoms with van der Waals surface area (Å²) < 4.78 is 0. The maximum atomic E-state index is 2.39. The van der Waals surface area contributed by atoms with Crippen molar-refractivity contribution in [3.63, 3.8) is 0 Å². The fourth-order valence-corrected chi connectivity index (χ4v) is 4.26. The van der Waals surface area contributed by atoms with E-state index in [4.69, 9.17) is 0 Å². The summed E-state index contributed by atoms with van der Waals surface area (Å²) in [4.78, 5) is 0. The van der Waals surface area contributed by atoms with Crippen molar-refractivity contribution in [3.8, 4) is 0 Å². The summed E-state index contributed by atoms with van der Waals surface area (Å²) in [5.74, 6) is 0. The third kappa shape index (κ3) is 21.4. The molecule has 0 aliphatic carbocycles. The molecule has 1 aromatic rings. The molecule has 0 aliphatic rings. The highest BCUT2D eigenvalue weighted by Crippen LogP contribution is 2.13. The molecule has 42 heavy (non-hydrogen) atoms. The van der Waals surface area contributed by atoms with Gasteiger partial charge < -0.3 is 0 Å². The highest BCUT2D eigenvalue weighted by atomic mass is 14.0. The SMILES string of the molecule is CC(C)=CCC/C(C)=C/CC/C(C)=C/C=C/C=C/c1ccc(/C=C/C=C/C=C(\C)CC/C=C(\C)CCC=C(C)C)cc1. The van der Waals surface area contributed by atoms with Crippen LogP contribution in [-0.2, 0) is 0 Å². The van der Waals surface area contributed by atoms with Crippen molar-refractivity contribution in [3.05, 3.63) is 142 Å². The lowest BCUT2D eigenvalue weighted by Crippen LogP contribution is -1.80. The Labute approximate surface area is 260 Å². The monoisotopic (exact) mass is 562 g/mol. The first-order chi connectivity index (χ1) is 20.2. The first-order valence-corrected chi connectivity index (χ1v) is 15.8. The van der Waals surface area contributed by atoms with Gasteiger partial charge in [-0.25, -0.2) is 0 Å². The van der Waals surface area contributed by atoms with Gasteiger partial charge in [0.25, 0.3) is 0 Å². The Kier molecular flexibility index (Phi) is 20.3. The smallest absolute Gasteiger partial charge is 0.0256 e. The van der Waals surface area contributed by atoms with Gasteiger partial charge >= 0.3 is 0 Å². The molecule has 0 bridgehead atoms. The summed E-state index contributed by atoms with van der Waals surface area (Å²) in [7, 11) is 0. The highest BCUT2D eigenvalue weighted by molar-refractivity contribution is 5.57. The van der Waals surface area contributed by atoms with E-state index in [1.165, 1.54) is 57.4 Å². The van der Waals surface area contributed by atoms with Crippen molar-refractivity contribution >= 4 is 12.2 Å². The molecule has 0 saturated carbocycles. The summed E-state index contributed by atoms with van der Waals surface area (Å²) in [6.07, 6.45) is 40.0. The minimum Gasteiger partial charge on any atom is -0.0856 e. The summed E-state index contributed by atoms with van der Waals surface area (Å²) in [6, 6.07) is 8.67. The molecular weight excluding hydrogens is 504 g/mol. The predicted octanol–water partition coefficient (Wildman–Crippen LogP) is 13.7. The summed E-state index contributed by atoms with van der Waals surface area (Å²) in [5, 5.41) is 0. The fraction of sp³-hybridized carbons (Fsp3) is 0.381. The molecule has 1 rings (SSSR count). The number of hydrogen-bond donors (Lipinski definition) is 0. The van der Waals surface area contributed by atoms with Crippen molar-refractivity contribution < 1.29 is 0 Å². The van der Waals surface area contributed by atoms with Crippen molar-refractivity contribution in [1.82, 2.24) is 0 Å². The molecule has 0 nitrogen and oxygen atoms in total. The van der Waals surface area contributed by atoms with Gasteiger partial charge in [-0.05, 0) is 118 Å². The molecule has 0 unspecified atom stereocenters. The molecule has 0 aliphatic heterocycles. The van der Waals surface area contributed by atoms with E-state index in [9.17, 15) is 0 Å². The fourth-order valence-electron chi connectivity index (χ4n) is 4.26. The molecule has 226 valence electrons. The molecule has 0 heteroatoms. The van der Waals surface area contributed by atoms with Gasteiger partial charge in [0.05, 0.1) is 0 Å². The Morgan fingerprint density at radius 3 is 1.10 bits per heavy atom. The molecule has 0 heterocycles. The lowest BCUT2D eigenvalue weighted by molar-refractivity contribution is 0.918. The Morgan fingerprint density at radius 1 is 0.405 bits per heavy atom. The molecule has 0 radical (unpaired) electrons. The molecule has 0 N–H and O–H groups in total. The zero-order valence-corrected chi connectivity index (χ0v) is 28.0. The lowest BCUT2D eigenvalue weighted by Gasteiger charge is -2.00. The standard InChI is InChI=1S/C42H58/c1-35(2)19-15-23-39(7)27-17-25-37(5)21-11-9-13-29-41-31-33-42(34-32-41)30-14-10-12-22-38(6)26-18-28-40(8)24-16-20-36(3)4/h9-14,19-22,27-34H,15-18,23-26H2,1-8H3/b11-9+,12-10+,29-13+,30-14+,37-21+,38-22+,39-27+,40-28+. The van der Waals surface area contributed by atoms with Crippen LogP contribution in [0.3, 0.4) is 0 Å². The molecule has 0 fully saturated rings. The zero-order chi connectivity index (χ0) is 31.0. The van der Waals surface area contributed by atoms with Crippen molar-refractivity contribution in [1.29, 1.82) is 0 Å². The second-order valence-corrected chi connectivity index (χ2v) is 12.0. The quantitative estimate of drug-likeness (QED) is 0.123. The average molecular weight is 563 g/mol. The maximum Gasteiger partial charge on any atom is -0.0256 e. The van der Waals surface area contributed by atoms with Crippen molar-refractivity contribution in [2.45, 2.75) is 107 Å². The lowest BCUT2D eigenvalue weighted by atomic mass is 10.1. The topological polar surface area (TPSA) is 0 Å². The second kappa shape index (κ2) is 23.2. The van der Waals surface area contributed by atoms with Crippen LogP contribution in [0.1, 0.15) is 118 Å². The van der Waals surface area contributed by atoms with Crippen LogP contribution in [0.5, 0.6) is 0 Å². The summed E-state index contributed by atoms with van der Waals surface area (Å²) >= 11 is 0. The Morgan fingerprint density at radius 2 is 0.738 bits per heavy atom. The Hall–Kier alpha value is -3.38.